The maximum atomic E-state index is 12.8. The Bertz CT molecular complexity index is 849. The van der Waals surface area contributed by atoms with Crippen molar-refractivity contribution in [3.05, 3.63) is 24.3 Å². The molecule has 0 radical (unpaired) electrons. The van der Waals surface area contributed by atoms with Gasteiger partial charge in [0.05, 0.1) is 6.54 Å². The number of carbonyl (C=O) groups is 4. The van der Waals surface area contributed by atoms with Crippen LogP contribution in [0.15, 0.2) is 24.3 Å². The number of hydrogen-bond acceptors (Lipinski definition) is 8. The number of aromatic hydroxyl groups is 1. The molecule has 6 N–H and O–H groups in total. The average molecular weight is 424 g/mol. The predicted molar refractivity (Wildman–Crippen MR) is 102 cm³/mol. The lowest BCUT2D eigenvalue weighted by atomic mass is 9.87. The molecule has 3 amide bonds. The van der Waals surface area contributed by atoms with Crippen LogP contribution in [0.4, 0.5) is 10.5 Å². The van der Waals surface area contributed by atoms with Crippen LogP contribution in [-0.2, 0) is 19.1 Å². The van der Waals surface area contributed by atoms with Gasteiger partial charge in [0.1, 0.15) is 29.2 Å². The first-order valence-corrected chi connectivity index (χ1v) is 9.64. The molecular weight excluding hydrogens is 404 g/mol. The van der Waals surface area contributed by atoms with Crippen LogP contribution in [0.1, 0.15) is 0 Å². The summed E-state index contributed by atoms with van der Waals surface area (Å²) in [5.41, 5.74) is 9.36. The average Bonchev–Trinajstić information content (AvgIpc) is 2.70. The van der Waals surface area contributed by atoms with Gasteiger partial charge in [-0.2, -0.15) is 0 Å². The number of nitrogens with zero attached hydrogens (tertiary/aromatic N) is 2. The third-order valence-corrected chi connectivity index (χ3v) is 6.48. The second kappa shape index (κ2) is 7.79. The van der Waals surface area contributed by atoms with E-state index < -0.39 is 47.3 Å². The molecule has 1 aromatic carbocycles. The lowest BCUT2D eigenvalue weighted by Crippen LogP contribution is -2.75. The molecule has 11 nitrogen and oxygen atoms in total. The molecule has 2 aliphatic heterocycles. The summed E-state index contributed by atoms with van der Waals surface area (Å²) in [6.07, 6.45) is -1.10. The summed E-state index contributed by atoms with van der Waals surface area (Å²) in [5, 5.41) is 18.6. The fraction of sp³-hybridized carbons (Fsp3) is 0.412. The summed E-state index contributed by atoms with van der Waals surface area (Å²) in [6, 6.07) is 4.91. The van der Waals surface area contributed by atoms with Gasteiger partial charge in [0.15, 0.2) is 0 Å². The number of thioether (sulfide) groups is 1. The smallest absolute Gasteiger partial charge is 0.404 e. The van der Waals surface area contributed by atoms with Crippen molar-refractivity contribution in [2.75, 3.05) is 30.3 Å². The summed E-state index contributed by atoms with van der Waals surface area (Å²) < 4.78 is 4.70. The molecule has 12 heteroatoms. The van der Waals surface area contributed by atoms with Crippen molar-refractivity contribution in [3.63, 3.8) is 0 Å². The van der Waals surface area contributed by atoms with Gasteiger partial charge in [0.25, 0.3) is 0 Å². The Hall–Kier alpha value is -2.99. The minimum Gasteiger partial charge on any atom is -0.508 e. The van der Waals surface area contributed by atoms with E-state index in [1.807, 2.05) is 0 Å². The Balaban J connectivity index is 1.83. The number of hydrogen-bond donors (Lipinski definition) is 4. The van der Waals surface area contributed by atoms with Crippen molar-refractivity contribution in [3.8, 4) is 5.75 Å². The van der Waals surface area contributed by atoms with E-state index in [9.17, 15) is 29.4 Å². The minimum atomic E-state index is -1.49. The number of carboxylic acids is 1. The molecule has 2 unspecified atom stereocenters. The molecule has 3 atom stereocenters. The van der Waals surface area contributed by atoms with Crippen LogP contribution in [0.25, 0.3) is 0 Å². The van der Waals surface area contributed by atoms with Crippen molar-refractivity contribution in [1.82, 2.24) is 4.90 Å². The lowest BCUT2D eigenvalue weighted by Gasteiger charge is -2.56. The minimum absolute atomic E-state index is 0.00296. The van der Waals surface area contributed by atoms with Gasteiger partial charge in [-0.3, -0.25) is 19.3 Å². The van der Waals surface area contributed by atoms with Crippen molar-refractivity contribution >= 4 is 41.3 Å². The summed E-state index contributed by atoms with van der Waals surface area (Å²) in [4.78, 5) is 50.6. The van der Waals surface area contributed by atoms with Crippen LogP contribution in [0, 0.1) is 5.41 Å². The molecule has 2 heterocycles. The fourth-order valence-corrected chi connectivity index (χ4v) is 4.93. The number of amides is 3. The molecule has 2 fully saturated rings. The molecule has 0 saturated carbocycles. The fourth-order valence-electron chi connectivity index (χ4n) is 3.37. The number of carbonyl (C=O) groups excluding carboxylic acids is 3. The third kappa shape index (κ3) is 3.68. The first kappa shape index (κ1) is 20.7. The number of ether oxygens (including phenoxy) is 1. The van der Waals surface area contributed by atoms with Gasteiger partial charge in [-0.15, -0.1) is 11.8 Å². The number of aliphatic carboxylic acids is 1. The maximum Gasteiger partial charge on any atom is 0.404 e. The molecular formula is C17H20N4O7S. The van der Waals surface area contributed by atoms with Crippen molar-refractivity contribution < 1.29 is 34.1 Å². The number of primary amides is 1. The summed E-state index contributed by atoms with van der Waals surface area (Å²) >= 11 is 1.17. The second-order valence-electron chi connectivity index (χ2n) is 6.79. The summed E-state index contributed by atoms with van der Waals surface area (Å²) in [7, 11) is 0. The van der Waals surface area contributed by atoms with E-state index in [4.69, 9.17) is 16.2 Å². The highest BCUT2D eigenvalue weighted by Gasteiger charge is 2.60. The Kier molecular flexibility index (Phi) is 5.57. The third-order valence-electron chi connectivity index (χ3n) is 4.91. The first-order chi connectivity index (χ1) is 13.7. The highest BCUT2D eigenvalue weighted by molar-refractivity contribution is 8.00. The zero-order chi connectivity index (χ0) is 21.3. The highest BCUT2D eigenvalue weighted by atomic mass is 32.2. The lowest BCUT2D eigenvalue weighted by molar-refractivity contribution is -0.159. The van der Waals surface area contributed by atoms with Gasteiger partial charge >= 0.3 is 12.1 Å². The zero-order valence-corrected chi connectivity index (χ0v) is 16.0. The van der Waals surface area contributed by atoms with Gasteiger partial charge in [-0.1, -0.05) is 0 Å². The van der Waals surface area contributed by atoms with E-state index >= 15 is 0 Å². The molecule has 3 rings (SSSR count). The van der Waals surface area contributed by atoms with Crippen molar-refractivity contribution in [2.45, 2.75) is 11.4 Å². The van der Waals surface area contributed by atoms with E-state index in [2.05, 4.69) is 0 Å². The Morgan fingerprint density at radius 1 is 1.31 bits per heavy atom. The number of β-lactam (4-membered cyclic amide) rings is 1. The summed E-state index contributed by atoms with van der Waals surface area (Å²) in [5.74, 6) is -2.08. The number of rotatable bonds is 6. The number of fused-ring (bicyclic) bond motifs is 1. The van der Waals surface area contributed by atoms with Gasteiger partial charge in [-0.05, 0) is 24.3 Å². The van der Waals surface area contributed by atoms with Gasteiger partial charge in [0, 0.05) is 18.0 Å². The standard InChI is InChI=1S/C17H20N4O7S/c18-5-11(23)21(9-1-3-10(22)4-2-9)12-13(24)20-6-17(15(25)26,7-28-16(19)27)8-29-14(12)20/h1-4,12,14,22H,5-8,18H2,(H2,19,27)(H,25,26)/t12?,14-,17?/m1/s1. The van der Waals surface area contributed by atoms with Gasteiger partial charge < -0.3 is 31.3 Å². The monoisotopic (exact) mass is 424 g/mol. The molecule has 0 bridgehead atoms. The van der Waals surface area contributed by atoms with Gasteiger partial charge in [0.2, 0.25) is 11.8 Å². The highest BCUT2D eigenvalue weighted by Crippen LogP contribution is 2.45. The molecule has 0 aliphatic carbocycles. The number of anilines is 1. The van der Waals surface area contributed by atoms with E-state index in [0.717, 1.165) is 0 Å². The number of nitrogens with two attached hydrogens (primary N) is 2. The Morgan fingerprint density at radius 2 is 1.97 bits per heavy atom. The largest absolute Gasteiger partial charge is 0.508 e. The number of phenolic OH excluding ortho intramolecular Hbond substituents is 1. The Labute approximate surface area is 169 Å². The van der Waals surface area contributed by atoms with Crippen LogP contribution in [0.5, 0.6) is 5.75 Å². The normalized spacial score (nSPS) is 25.6. The van der Waals surface area contributed by atoms with Crippen LogP contribution in [0.2, 0.25) is 0 Å². The zero-order valence-electron chi connectivity index (χ0n) is 15.2. The van der Waals surface area contributed by atoms with E-state index in [-0.39, 0.29) is 24.6 Å². The van der Waals surface area contributed by atoms with Crippen molar-refractivity contribution in [1.29, 1.82) is 0 Å². The SMILES string of the molecule is NCC(=O)N(c1ccc(O)cc1)C1C(=O)N2CC(COC(N)=O)(C(=O)O)CS[C@H]12. The topological polar surface area (TPSA) is 176 Å². The molecule has 29 heavy (non-hydrogen) atoms. The van der Waals surface area contributed by atoms with Crippen LogP contribution < -0.4 is 16.4 Å². The van der Waals surface area contributed by atoms with Crippen LogP contribution in [0.3, 0.4) is 0 Å². The quantitative estimate of drug-likeness (QED) is 0.423. The molecule has 2 saturated heterocycles. The van der Waals surface area contributed by atoms with Crippen LogP contribution >= 0.6 is 11.8 Å². The number of benzene rings is 1. The predicted octanol–water partition coefficient (Wildman–Crippen LogP) is -0.866. The molecule has 0 aromatic heterocycles. The van der Waals surface area contributed by atoms with Gasteiger partial charge in [-0.25, -0.2) is 4.79 Å². The maximum absolute atomic E-state index is 12.8. The van der Waals surface area contributed by atoms with E-state index in [1.165, 1.54) is 45.8 Å². The molecule has 0 spiro atoms. The first-order valence-electron chi connectivity index (χ1n) is 8.59. The number of phenols is 1. The van der Waals surface area contributed by atoms with Crippen LogP contribution in [-0.4, -0.2) is 75.9 Å². The molecule has 156 valence electrons. The summed E-state index contributed by atoms with van der Waals surface area (Å²) in [6.45, 7) is -0.967. The Morgan fingerprint density at radius 3 is 2.52 bits per heavy atom. The molecule has 2 aliphatic rings. The van der Waals surface area contributed by atoms with Crippen molar-refractivity contribution in [2.24, 2.45) is 16.9 Å². The molecule has 1 aromatic rings. The number of carboxylic acid groups (broad SMARTS) is 1. The van der Waals surface area contributed by atoms with E-state index in [1.54, 1.807) is 0 Å². The van der Waals surface area contributed by atoms with E-state index in [0.29, 0.717) is 5.69 Å². The second-order valence-corrected chi connectivity index (χ2v) is 7.89.